The number of carbonyl (C=O) groups excluding carboxylic acids is 2. The highest BCUT2D eigenvalue weighted by molar-refractivity contribution is 6.05. The normalized spacial score (nSPS) is 18.8. The molecule has 1 saturated heterocycles. The first-order valence-electron chi connectivity index (χ1n) is 7.84. The van der Waals surface area contributed by atoms with Crippen LogP contribution in [0, 0.1) is 0 Å². The van der Waals surface area contributed by atoms with Crippen LogP contribution < -0.4 is 11.1 Å². The summed E-state index contributed by atoms with van der Waals surface area (Å²) >= 11 is 0. The predicted molar refractivity (Wildman–Crippen MR) is 94.1 cm³/mol. The molecule has 0 bridgehead atoms. The molecule has 2 unspecified atom stereocenters. The molecule has 24 heavy (non-hydrogen) atoms. The lowest BCUT2D eigenvalue weighted by molar-refractivity contribution is -0.134. The third-order valence-corrected chi connectivity index (χ3v) is 4.17. The molecule has 0 spiro atoms. The second-order valence-electron chi connectivity index (χ2n) is 6.00. The van der Waals surface area contributed by atoms with Crippen LogP contribution in [-0.2, 0) is 4.79 Å². The Labute approximate surface area is 146 Å². The second-order valence-corrected chi connectivity index (χ2v) is 6.00. The van der Waals surface area contributed by atoms with Crippen molar-refractivity contribution in [3.63, 3.8) is 0 Å². The van der Waals surface area contributed by atoms with Crippen LogP contribution in [0.5, 0.6) is 0 Å². The minimum Gasteiger partial charge on any atom is -0.339 e. The van der Waals surface area contributed by atoms with Crippen molar-refractivity contribution < 1.29 is 9.59 Å². The highest BCUT2D eigenvalue weighted by Gasteiger charge is 2.27. The average Bonchev–Trinajstić information content (AvgIpc) is 2.98. The largest absolute Gasteiger partial charge is 0.339 e. The summed E-state index contributed by atoms with van der Waals surface area (Å²) < 4.78 is 0. The average molecular weight is 352 g/mol. The van der Waals surface area contributed by atoms with Crippen molar-refractivity contribution in [1.29, 1.82) is 0 Å². The SMILES string of the molecule is CC(NC(=O)c1n[nH]c2ccccc12)C(=O)N1CCCC(N)C1.Cl. The standard InChI is InChI=1S/C16H21N5O2.ClH/c1-10(16(23)21-8-4-5-11(17)9-21)18-15(22)14-12-6-2-3-7-13(12)19-20-14;/h2-3,6-7,10-11H,4-5,8-9,17H2,1H3,(H,18,22)(H,19,20);1H. The Kier molecular flexibility index (Phi) is 5.80. The minimum atomic E-state index is -0.608. The number of rotatable bonds is 3. The number of amides is 2. The van der Waals surface area contributed by atoms with Gasteiger partial charge in [0.2, 0.25) is 5.91 Å². The van der Waals surface area contributed by atoms with Gasteiger partial charge in [0.05, 0.1) is 5.52 Å². The molecule has 1 fully saturated rings. The minimum absolute atomic E-state index is 0. The maximum Gasteiger partial charge on any atom is 0.273 e. The third kappa shape index (κ3) is 3.68. The quantitative estimate of drug-likeness (QED) is 0.768. The molecule has 0 radical (unpaired) electrons. The van der Waals surface area contributed by atoms with Crippen molar-refractivity contribution in [3.05, 3.63) is 30.0 Å². The zero-order valence-electron chi connectivity index (χ0n) is 13.5. The number of piperidine rings is 1. The number of likely N-dealkylation sites (tertiary alicyclic amines) is 1. The lowest BCUT2D eigenvalue weighted by Gasteiger charge is -2.32. The van der Waals surface area contributed by atoms with Gasteiger partial charge in [0.15, 0.2) is 5.69 Å². The monoisotopic (exact) mass is 351 g/mol. The molecule has 1 aromatic heterocycles. The molecule has 130 valence electrons. The van der Waals surface area contributed by atoms with Crippen molar-refractivity contribution in [2.75, 3.05) is 13.1 Å². The summed E-state index contributed by atoms with van der Waals surface area (Å²) in [4.78, 5) is 26.6. The van der Waals surface area contributed by atoms with E-state index in [0.29, 0.717) is 18.8 Å². The van der Waals surface area contributed by atoms with Gasteiger partial charge in [-0.15, -0.1) is 12.4 Å². The fourth-order valence-corrected chi connectivity index (χ4v) is 2.95. The van der Waals surface area contributed by atoms with Gasteiger partial charge in [-0.2, -0.15) is 5.10 Å². The zero-order valence-corrected chi connectivity index (χ0v) is 14.3. The Morgan fingerprint density at radius 1 is 1.42 bits per heavy atom. The molecule has 1 aromatic carbocycles. The molecule has 1 aliphatic rings. The summed E-state index contributed by atoms with van der Waals surface area (Å²) in [5.74, 6) is -0.460. The van der Waals surface area contributed by atoms with Gasteiger partial charge in [-0.1, -0.05) is 18.2 Å². The van der Waals surface area contributed by atoms with E-state index in [9.17, 15) is 9.59 Å². The number of nitrogens with zero attached hydrogens (tertiary/aromatic N) is 2. The van der Waals surface area contributed by atoms with Gasteiger partial charge >= 0.3 is 0 Å². The van der Waals surface area contributed by atoms with Gasteiger partial charge in [-0.25, -0.2) is 0 Å². The topological polar surface area (TPSA) is 104 Å². The smallest absolute Gasteiger partial charge is 0.273 e. The van der Waals surface area contributed by atoms with E-state index < -0.39 is 6.04 Å². The number of H-pyrrole nitrogens is 1. The second kappa shape index (κ2) is 7.63. The number of nitrogens with two attached hydrogens (primary N) is 1. The van der Waals surface area contributed by atoms with Crippen LogP contribution >= 0.6 is 12.4 Å². The number of aromatic amines is 1. The summed E-state index contributed by atoms with van der Waals surface area (Å²) in [5, 5.41) is 10.3. The summed E-state index contributed by atoms with van der Waals surface area (Å²) in [6, 6.07) is 6.80. The van der Waals surface area contributed by atoms with Gasteiger partial charge in [-0.3, -0.25) is 14.7 Å². The van der Waals surface area contributed by atoms with E-state index in [2.05, 4.69) is 15.5 Å². The van der Waals surface area contributed by atoms with Crippen LogP contribution in [-0.4, -0.2) is 52.1 Å². The molecule has 2 atom stereocenters. The van der Waals surface area contributed by atoms with Crippen molar-refractivity contribution in [2.24, 2.45) is 5.73 Å². The van der Waals surface area contributed by atoms with E-state index in [4.69, 9.17) is 5.73 Å². The van der Waals surface area contributed by atoms with Gasteiger partial charge in [0.25, 0.3) is 5.91 Å². The van der Waals surface area contributed by atoms with E-state index in [1.54, 1.807) is 11.8 Å². The van der Waals surface area contributed by atoms with E-state index in [-0.39, 0.29) is 30.3 Å². The van der Waals surface area contributed by atoms with Crippen molar-refractivity contribution >= 4 is 35.1 Å². The molecular weight excluding hydrogens is 330 g/mol. The Morgan fingerprint density at radius 3 is 2.92 bits per heavy atom. The molecule has 2 heterocycles. The van der Waals surface area contributed by atoms with Crippen LogP contribution in [0.2, 0.25) is 0 Å². The maximum atomic E-state index is 12.4. The Bertz CT molecular complexity index is 732. The number of halogens is 1. The number of aromatic nitrogens is 2. The number of para-hydroxylation sites is 1. The summed E-state index contributed by atoms with van der Waals surface area (Å²) in [6.07, 6.45) is 1.83. The highest BCUT2D eigenvalue weighted by Crippen LogP contribution is 2.15. The van der Waals surface area contributed by atoms with E-state index in [1.165, 1.54) is 0 Å². The first-order valence-corrected chi connectivity index (χ1v) is 7.84. The number of hydrogen-bond donors (Lipinski definition) is 3. The van der Waals surface area contributed by atoms with Crippen molar-refractivity contribution in [1.82, 2.24) is 20.4 Å². The summed E-state index contributed by atoms with van der Waals surface area (Å²) in [6.45, 7) is 2.93. The van der Waals surface area contributed by atoms with Crippen LogP contribution in [0.4, 0.5) is 0 Å². The molecular formula is C16H22ClN5O2. The molecule has 7 nitrogen and oxygen atoms in total. The number of hydrogen-bond acceptors (Lipinski definition) is 4. The first kappa shape index (κ1) is 18.2. The van der Waals surface area contributed by atoms with E-state index in [1.807, 2.05) is 24.3 Å². The number of benzene rings is 1. The summed E-state index contributed by atoms with van der Waals surface area (Å²) in [5.41, 5.74) is 7.00. The fourth-order valence-electron chi connectivity index (χ4n) is 2.95. The molecule has 4 N–H and O–H groups in total. The lowest BCUT2D eigenvalue weighted by Crippen LogP contribution is -2.52. The van der Waals surface area contributed by atoms with Gasteiger partial charge in [0, 0.05) is 24.5 Å². The van der Waals surface area contributed by atoms with Gasteiger partial charge in [0.1, 0.15) is 6.04 Å². The molecule has 2 amide bonds. The van der Waals surface area contributed by atoms with Crippen LogP contribution in [0.25, 0.3) is 10.9 Å². The van der Waals surface area contributed by atoms with E-state index >= 15 is 0 Å². The first-order chi connectivity index (χ1) is 11.1. The molecule has 2 aromatic rings. The molecule has 0 aliphatic carbocycles. The number of fused-ring (bicyclic) bond motifs is 1. The van der Waals surface area contributed by atoms with Gasteiger partial charge in [-0.05, 0) is 25.8 Å². The Balaban J connectivity index is 0.00000208. The lowest BCUT2D eigenvalue weighted by atomic mass is 10.1. The van der Waals surface area contributed by atoms with Crippen molar-refractivity contribution in [3.8, 4) is 0 Å². The molecule has 0 saturated carbocycles. The summed E-state index contributed by atoms with van der Waals surface area (Å²) in [7, 11) is 0. The number of carbonyl (C=O) groups is 2. The van der Waals surface area contributed by atoms with Crippen LogP contribution in [0.1, 0.15) is 30.3 Å². The third-order valence-electron chi connectivity index (χ3n) is 4.17. The number of nitrogens with one attached hydrogen (secondary N) is 2. The molecule has 1 aliphatic heterocycles. The Morgan fingerprint density at radius 2 is 2.17 bits per heavy atom. The van der Waals surface area contributed by atoms with Gasteiger partial charge < -0.3 is 16.0 Å². The maximum absolute atomic E-state index is 12.4. The fraction of sp³-hybridized carbons (Fsp3) is 0.438. The zero-order chi connectivity index (χ0) is 16.4. The van der Waals surface area contributed by atoms with Crippen LogP contribution in [0.3, 0.4) is 0 Å². The predicted octanol–water partition coefficient (Wildman–Crippen LogP) is 1.05. The molecule has 3 rings (SSSR count). The van der Waals surface area contributed by atoms with E-state index in [0.717, 1.165) is 23.7 Å². The highest BCUT2D eigenvalue weighted by atomic mass is 35.5. The van der Waals surface area contributed by atoms with Crippen molar-refractivity contribution in [2.45, 2.75) is 31.8 Å². The molecule has 8 heteroatoms. The van der Waals surface area contributed by atoms with Crippen LogP contribution in [0.15, 0.2) is 24.3 Å². The Hall–Kier alpha value is -2.12.